The molecule has 2 aliphatic rings. The average molecular weight is 296 g/mol. The van der Waals surface area contributed by atoms with Crippen LogP contribution in [0.5, 0.6) is 0 Å². The van der Waals surface area contributed by atoms with Crippen LogP contribution in [0.25, 0.3) is 0 Å². The van der Waals surface area contributed by atoms with Gasteiger partial charge in [-0.2, -0.15) is 0 Å². The minimum absolute atomic E-state index is 0.238. The molecule has 1 N–H and O–H groups in total. The van der Waals surface area contributed by atoms with Gasteiger partial charge in [-0.15, -0.1) is 0 Å². The molecule has 2 rings (SSSR count). The van der Waals surface area contributed by atoms with Crippen molar-refractivity contribution in [2.24, 2.45) is 10.4 Å². The minimum Gasteiger partial charge on any atom is -0.381 e. The number of aliphatic imine (C=N–C) groups is 1. The number of ether oxygens (including phenoxy) is 2. The molecule has 0 bridgehead atoms. The molecule has 0 atom stereocenters. The lowest BCUT2D eigenvalue weighted by Crippen LogP contribution is -2.46. The summed E-state index contributed by atoms with van der Waals surface area (Å²) in [4.78, 5) is 4.82. The molecule has 4 nitrogen and oxygen atoms in total. The summed E-state index contributed by atoms with van der Waals surface area (Å²) in [5.41, 5.74) is 0.238. The van der Waals surface area contributed by atoms with Crippen molar-refractivity contribution < 1.29 is 9.47 Å². The number of nitrogens with zero attached hydrogens (tertiary/aromatic N) is 1. The molecule has 0 amide bonds. The Bertz CT molecular complexity index is 312. The lowest BCUT2D eigenvalue weighted by atomic mass is 9.74. The maximum Gasteiger partial charge on any atom is 0.103 e. The lowest BCUT2D eigenvalue weighted by molar-refractivity contribution is 0.0387. The highest BCUT2D eigenvalue weighted by Crippen LogP contribution is 2.37. The molecule has 0 aromatic rings. The third-order valence-electron chi connectivity index (χ3n) is 4.76. The number of amidine groups is 1. The van der Waals surface area contributed by atoms with Crippen molar-refractivity contribution >= 4 is 5.84 Å². The second-order valence-corrected chi connectivity index (χ2v) is 6.33. The first kappa shape index (κ1) is 16.8. The van der Waals surface area contributed by atoms with E-state index in [0.29, 0.717) is 0 Å². The van der Waals surface area contributed by atoms with Gasteiger partial charge < -0.3 is 14.8 Å². The summed E-state index contributed by atoms with van der Waals surface area (Å²) >= 11 is 0. The Morgan fingerprint density at radius 3 is 2.57 bits per heavy atom. The van der Waals surface area contributed by atoms with Crippen molar-refractivity contribution in [2.75, 3.05) is 39.5 Å². The quantitative estimate of drug-likeness (QED) is 0.734. The van der Waals surface area contributed by atoms with E-state index < -0.39 is 0 Å². The Labute approximate surface area is 129 Å². The molecule has 2 aliphatic heterocycles. The number of unbranched alkanes of at least 4 members (excludes halogenated alkanes) is 4. The lowest BCUT2D eigenvalue weighted by Gasteiger charge is -2.39. The van der Waals surface area contributed by atoms with E-state index >= 15 is 0 Å². The first-order valence-corrected chi connectivity index (χ1v) is 8.82. The Hall–Kier alpha value is -0.610. The van der Waals surface area contributed by atoms with Crippen molar-refractivity contribution in [3.63, 3.8) is 0 Å². The highest BCUT2D eigenvalue weighted by atomic mass is 16.5. The second kappa shape index (κ2) is 9.42. The molecule has 21 heavy (non-hydrogen) atoms. The van der Waals surface area contributed by atoms with Gasteiger partial charge in [0.15, 0.2) is 0 Å². The summed E-state index contributed by atoms with van der Waals surface area (Å²) in [5, 5.41) is 3.55. The fourth-order valence-electron chi connectivity index (χ4n) is 3.41. The Morgan fingerprint density at radius 1 is 1.00 bits per heavy atom. The fraction of sp³-hybridized carbons (Fsp3) is 0.941. The molecule has 0 radical (unpaired) electrons. The minimum atomic E-state index is 0.238. The first-order chi connectivity index (χ1) is 10.4. The van der Waals surface area contributed by atoms with Crippen molar-refractivity contribution in [3.05, 3.63) is 0 Å². The van der Waals surface area contributed by atoms with Crippen LogP contribution in [0, 0.1) is 5.41 Å². The molecule has 0 saturated carbocycles. The van der Waals surface area contributed by atoms with Crippen molar-refractivity contribution in [3.8, 4) is 0 Å². The summed E-state index contributed by atoms with van der Waals surface area (Å²) in [6, 6.07) is 0. The van der Waals surface area contributed by atoms with E-state index in [1.54, 1.807) is 0 Å². The van der Waals surface area contributed by atoms with E-state index in [1.165, 1.54) is 44.4 Å². The second-order valence-electron chi connectivity index (χ2n) is 6.33. The molecule has 4 heteroatoms. The van der Waals surface area contributed by atoms with Gasteiger partial charge in [-0.25, -0.2) is 0 Å². The van der Waals surface area contributed by atoms with E-state index in [1.807, 2.05) is 0 Å². The summed E-state index contributed by atoms with van der Waals surface area (Å²) < 4.78 is 11.1. The molecule has 2 heterocycles. The zero-order valence-electron chi connectivity index (χ0n) is 13.7. The summed E-state index contributed by atoms with van der Waals surface area (Å²) in [6.45, 7) is 7.27. The third kappa shape index (κ3) is 5.26. The summed E-state index contributed by atoms with van der Waals surface area (Å²) in [6.07, 6.45) is 10.2. The number of nitrogens with one attached hydrogen (secondary N) is 1. The molecule has 1 fully saturated rings. The largest absolute Gasteiger partial charge is 0.381 e. The van der Waals surface area contributed by atoms with Crippen LogP contribution in [0.15, 0.2) is 4.99 Å². The van der Waals surface area contributed by atoms with Gasteiger partial charge >= 0.3 is 0 Å². The topological polar surface area (TPSA) is 42.8 Å². The number of hydrogen-bond donors (Lipinski definition) is 1. The van der Waals surface area contributed by atoms with Crippen molar-refractivity contribution in [2.45, 2.75) is 58.3 Å². The van der Waals surface area contributed by atoms with Crippen LogP contribution in [0.1, 0.15) is 58.3 Å². The highest BCUT2D eigenvalue weighted by Gasteiger charge is 2.37. The van der Waals surface area contributed by atoms with Gasteiger partial charge in [0.1, 0.15) is 5.84 Å². The predicted molar refractivity (Wildman–Crippen MR) is 87.0 cm³/mol. The predicted octanol–water partition coefficient (Wildman–Crippen LogP) is 3.16. The molecule has 1 saturated heterocycles. The number of rotatable bonds is 7. The molecular weight excluding hydrogens is 264 g/mol. The van der Waals surface area contributed by atoms with E-state index in [0.717, 1.165) is 52.4 Å². The molecule has 0 unspecified atom stereocenters. The van der Waals surface area contributed by atoms with Gasteiger partial charge in [-0.1, -0.05) is 39.0 Å². The molecule has 0 aromatic heterocycles. The molecular formula is C17H32N2O2. The maximum atomic E-state index is 5.61. The van der Waals surface area contributed by atoms with Gasteiger partial charge in [-0.3, -0.25) is 4.99 Å². The van der Waals surface area contributed by atoms with E-state index in [-0.39, 0.29) is 5.41 Å². The van der Waals surface area contributed by atoms with Gasteiger partial charge in [0.25, 0.3) is 0 Å². The van der Waals surface area contributed by atoms with Crippen molar-refractivity contribution in [1.82, 2.24) is 5.32 Å². The SMILES string of the molecule is CCCCCCCC1(/C2=N/CCOCCN2)CCOCC1. The van der Waals surface area contributed by atoms with Crippen LogP contribution in [0.3, 0.4) is 0 Å². The third-order valence-corrected chi connectivity index (χ3v) is 4.76. The monoisotopic (exact) mass is 296 g/mol. The van der Waals surface area contributed by atoms with Crippen LogP contribution >= 0.6 is 0 Å². The van der Waals surface area contributed by atoms with Crippen LogP contribution in [-0.4, -0.2) is 45.4 Å². The highest BCUT2D eigenvalue weighted by molar-refractivity contribution is 5.88. The van der Waals surface area contributed by atoms with Crippen molar-refractivity contribution in [1.29, 1.82) is 0 Å². The van der Waals surface area contributed by atoms with Gasteiger partial charge in [0, 0.05) is 25.2 Å². The molecule has 122 valence electrons. The van der Waals surface area contributed by atoms with Gasteiger partial charge in [0.05, 0.1) is 19.8 Å². The smallest absolute Gasteiger partial charge is 0.103 e. The zero-order valence-corrected chi connectivity index (χ0v) is 13.7. The number of hydrogen-bond acceptors (Lipinski definition) is 4. The molecule has 0 spiro atoms. The fourth-order valence-corrected chi connectivity index (χ4v) is 3.41. The van der Waals surface area contributed by atoms with Gasteiger partial charge in [0.2, 0.25) is 0 Å². The Kier molecular flexibility index (Phi) is 7.51. The Morgan fingerprint density at radius 2 is 1.76 bits per heavy atom. The maximum absolute atomic E-state index is 5.61. The van der Waals surface area contributed by atoms with Crippen LogP contribution in [-0.2, 0) is 9.47 Å². The molecule has 0 aliphatic carbocycles. The van der Waals surface area contributed by atoms with E-state index in [4.69, 9.17) is 14.5 Å². The standard InChI is InChI=1S/C17H32N2O2/c1-2-3-4-5-6-7-17(8-12-20-13-9-17)16-18-10-14-21-15-11-19-16/h2-15H2,1H3,(H,18,19). The van der Waals surface area contributed by atoms with Crippen LogP contribution < -0.4 is 5.32 Å². The molecule has 0 aromatic carbocycles. The van der Waals surface area contributed by atoms with Crippen LogP contribution in [0.4, 0.5) is 0 Å². The summed E-state index contributed by atoms with van der Waals surface area (Å²) in [5.74, 6) is 1.24. The van der Waals surface area contributed by atoms with Crippen LogP contribution in [0.2, 0.25) is 0 Å². The van der Waals surface area contributed by atoms with Gasteiger partial charge in [-0.05, 0) is 19.3 Å². The van der Waals surface area contributed by atoms with E-state index in [9.17, 15) is 0 Å². The van der Waals surface area contributed by atoms with E-state index in [2.05, 4.69) is 12.2 Å². The Balaban J connectivity index is 1.94. The average Bonchev–Trinajstić information content (AvgIpc) is 2.47. The summed E-state index contributed by atoms with van der Waals surface area (Å²) in [7, 11) is 0. The zero-order chi connectivity index (χ0) is 14.8. The normalized spacial score (nSPS) is 25.3. The first-order valence-electron chi connectivity index (χ1n) is 8.82.